The molecule has 0 aliphatic heterocycles. The number of anilines is 1. The summed E-state index contributed by atoms with van der Waals surface area (Å²) in [6.45, 7) is 0. The first-order valence-electron chi connectivity index (χ1n) is 1.58. The molecule has 0 aliphatic carbocycles. The first-order chi connectivity index (χ1) is 3.43. The lowest BCUT2D eigenvalue weighted by Gasteiger charge is -2.00. The summed E-state index contributed by atoms with van der Waals surface area (Å²) in [5, 5.41) is 5.33. The molecule has 1 rings (SSSR count). The summed E-state index contributed by atoms with van der Waals surface area (Å²) in [5.41, 5.74) is 0. The van der Waals surface area contributed by atoms with E-state index in [-0.39, 0.29) is 0 Å². The number of hydrogen-bond acceptors (Lipinski definition) is 5. The number of rotatable bonds is 1. The normalized spacial score (nSPS) is 8.71. The number of nitrogens with one attached hydrogen (secondary N) is 1. The highest BCUT2D eigenvalue weighted by atomic mass is 32.1. The van der Waals surface area contributed by atoms with E-state index in [1.165, 1.54) is 11.5 Å². The summed E-state index contributed by atoms with van der Waals surface area (Å²) in [7, 11) is 0. The average molecular weight is 132 g/mol. The number of nitrogens with zero attached hydrogens (tertiary/aromatic N) is 2. The van der Waals surface area contributed by atoms with Gasteiger partial charge in [-0.25, -0.2) is 0 Å². The van der Waals surface area contributed by atoms with Crippen LogP contribution in [0.25, 0.3) is 0 Å². The van der Waals surface area contributed by atoms with E-state index in [1.807, 2.05) is 0 Å². The molecule has 1 N–H and O–H groups in total. The van der Waals surface area contributed by atoms with Gasteiger partial charge in [0.15, 0.2) is 0 Å². The molecule has 0 spiro atoms. The molecule has 5 heteroatoms. The van der Waals surface area contributed by atoms with Crippen LogP contribution in [-0.4, -0.2) is 9.59 Å². The maximum atomic E-state index is 4.43. The summed E-state index contributed by atoms with van der Waals surface area (Å²) >= 11 is 5.70. The fourth-order valence-corrected chi connectivity index (χ4v) is 0.772. The lowest BCUT2D eigenvalue weighted by Crippen LogP contribution is -1.82. The Morgan fingerprint density at radius 3 is 3.00 bits per heavy atom. The van der Waals surface area contributed by atoms with Crippen molar-refractivity contribution in [3.05, 3.63) is 5.38 Å². The maximum Gasteiger partial charge on any atom is 0.139 e. The van der Waals surface area contributed by atoms with Crippen LogP contribution < -0.4 is 4.72 Å². The molecule has 0 fully saturated rings. The van der Waals surface area contributed by atoms with Gasteiger partial charge >= 0.3 is 0 Å². The van der Waals surface area contributed by atoms with E-state index >= 15 is 0 Å². The Bertz CT molecular complexity index is 125. The largest absolute Gasteiger partial charge is 0.669 e. The highest BCUT2D eigenvalue weighted by molar-refractivity contribution is 7.60. The molecule has 0 amide bonds. The fourth-order valence-electron chi connectivity index (χ4n) is 0.209. The summed E-state index contributed by atoms with van der Waals surface area (Å²) in [6.07, 6.45) is 0. The predicted octanol–water partition coefficient (Wildman–Crippen LogP) is 0.412. The van der Waals surface area contributed by atoms with Crippen molar-refractivity contribution in [1.29, 1.82) is 0 Å². The fraction of sp³-hybridized carbons (Fsp3) is 0. The maximum absolute atomic E-state index is 4.43. The van der Waals surface area contributed by atoms with Crippen LogP contribution in [0.1, 0.15) is 0 Å². The van der Waals surface area contributed by atoms with E-state index in [1.54, 1.807) is 5.38 Å². The zero-order valence-corrected chi connectivity index (χ0v) is 4.92. The van der Waals surface area contributed by atoms with Crippen LogP contribution >= 0.6 is 11.5 Å². The number of hydrogen-bond donors (Lipinski definition) is 1. The molecule has 0 saturated heterocycles. The molecule has 1 aromatic heterocycles. The van der Waals surface area contributed by atoms with Crippen molar-refractivity contribution in [1.82, 2.24) is 9.59 Å². The third-order valence-electron chi connectivity index (χ3n) is 0.465. The molecular formula is C2H2N3S2-. The van der Waals surface area contributed by atoms with Gasteiger partial charge < -0.3 is 17.5 Å². The van der Waals surface area contributed by atoms with Crippen LogP contribution in [0.2, 0.25) is 0 Å². The molecule has 0 atom stereocenters. The molecule has 7 heavy (non-hydrogen) atoms. The second-order valence-corrected chi connectivity index (χ2v) is 1.71. The van der Waals surface area contributed by atoms with E-state index in [0.29, 0.717) is 5.82 Å². The van der Waals surface area contributed by atoms with Gasteiger partial charge in [0.05, 0.1) is 5.38 Å². The van der Waals surface area contributed by atoms with E-state index in [4.69, 9.17) is 0 Å². The zero-order chi connectivity index (χ0) is 5.11. The van der Waals surface area contributed by atoms with Crippen molar-refractivity contribution in [2.75, 3.05) is 4.72 Å². The average Bonchev–Trinajstić information content (AvgIpc) is 2.14. The highest BCUT2D eigenvalue weighted by Crippen LogP contribution is 1.99. The van der Waals surface area contributed by atoms with E-state index in [0.717, 1.165) is 0 Å². The number of aromatic nitrogens is 2. The minimum absolute atomic E-state index is 0.653. The lowest BCUT2D eigenvalue weighted by molar-refractivity contribution is 1.17. The monoisotopic (exact) mass is 132 g/mol. The molecule has 0 aromatic carbocycles. The first-order valence-corrected chi connectivity index (χ1v) is 2.83. The second-order valence-electron chi connectivity index (χ2n) is 0.892. The van der Waals surface area contributed by atoms with Crippen molar-refractivity contribution in [2.24, 2.45) is 0 Å². The van der Waals surface area contributed by atoms with Crippen LogP contribution in [0.3, 0.4) is 0 Å². The van der Waals surface area contributed by atoms with Crippen molar-refractivity contribution < 1.29 is 0 Å². The Morgan fingerprint density at radius 2 is 2.71 bits per heavy atom. The Balaban J connectivity index is 2.76. The summed E-state index contributed by atoms with van der Waals surface area (Å²) in [4.78, 5) is 0. The highest BCUT2D eigenvalue weighted by Gasteiger charge is 1.80. The van der Waals surface area contributed by atoms with Crippen molar-refractivity contribution >= 4 is 30.2 Å². The predicted molar refractivity (Wildman–Crippen MR) is 30.9 cm³/mol. The van der Waals surface area contributed by atoms with Gasteiger partial charge in [0.2, 0.25) is 0 Å². The molecule has 38 valence electrons. The minimum Gasteiger partial charge on any atom is -0.669 e. The van der Waals surface area contributed by atoms with Crippen LogP contribution in [0.5, 0.6) is 0 Å². The van der Waals surface area contributed by atoms with Gasteiger partial charge in [-0.05, 0) is 11.5 Å². The van der Waals surface area contributed by atoms with Gasteiger partial charge in [-0.2, -0.15) is 0 Å². The van der Waals surface area contributed by atoms with Crippen LogP contribution in [-0.2, 0) is 12.8 Å². The smallest absolute Gasteiger partial charge is 0.139 e. The minimum atomic E-state index is 0.653. The van der Waals surface area contributed by atoms with Gasteiger partial charge in [-0.1, -0.05) is 4.49 Å². The van der Waals surface area contributed by atoms with Crippen LogP contribution in [0, 0.1) is 0 Å². The van der Waals surface area contributed by atoms with Crippen LogP contribution in [0.15, 0.2) is 5.38 Å². The molecule has 0 bridgehead atoms. The molecule has 3 nitrogen and oxygen atoms in total. The van der Waals surface area contributed by atoms with Gasteiger partial charge in [-0.3, -0.25) is 0 Å². The third-order valence-corrected chi connectivity index (χ3v) is 1.18. The first kappa shape index (κ1) is 4.86. The lowest BCUT2D eigenvalue weighted by atomic mass is 10.9. The Labute approximate surface area is 50.5 Å². The molecule has 1 aromatic rings. The van der Waals surface area contributed by atoms with Crippen molar-refractivity contribution in [2.45, 2.75) is 0 Å². The third kappa shape index (κ3) is 1.04. The standard InChI is InChI=1S/C2H2N3S2/c6-4-2-1-7-5-3-2/h1,4H/q-1. The van der Waals surface area contributed by atoms with Crippen LogP contribution in [0.4, 0.5) is 5.82 Å². The molecule has 0 radical (unpaired) electrons. The van der Waals surface area contributed by atoms with Gasteiger partial charge in [0.25, 0.3) is 0 Å². The molecule has 1 heterocycles. The summed E-state index contributed by atoms with van der Waals surface area (Å²) < 4.78 is 5.98. The van der Waals surface area contributed by atoms with E-state index in [2.05, 4.69) is 27.1 Å². The van der Waals surface area contributed by atoms with Gasteiger partial charge in [-0.15, -0.1) is 5.10 Å². The van der Waals surface area contributed by atoms with Gasteiger partial charge in [0, 0.05) is 0 Å². The SMILES string of the molecule is [S-]Nc1csnn1. The van der Waals surface area contributed by atoms with Crippen molar-refractivity contribution in [3.8, 4) is 0 Å². The van der Waals surface area contributed by atoms with Crippen molar-refractivity contribution in [3.63, 3.8) is 0 Å². The molecule has 0 aliphatic rings. The Hall–Kier alpha value is -0.290. The molecule has 0 unspecified atom stereocenters. The Morgan fingerprint density at radius 1 is 1.86 bits per heavy atom. The second kappa shape index (κ2) is 2.13. The zero-order valence-electron chi connectivity index (χ0n) is 3.29. The Kier molecular flexibility index (Phi) is 1.48. The summed E-state index contributed by atoms with van der Waals surface area (Å²) in [6, 6.07) is 0. The quantitative estimate of drug-likeness (QED) is 0.562. The molecule has 0 saturated carbocycles. The topological polar surface area (TPSA) is 37.8 Å². The van der Waals surface area contributed by atoms with Gasteiger partial charge in [0.1, 0.15) is 5.82 Å². The van der Waals surface area contributed by atoms with E-state index < -0.39 is 0 Å². The molecular weight excluding hydrogens is 130 g/mol. The summed E-state index contributed by atoms with van der Waals surface area (Å²) in [5.74, 6) is 0.653. The van der Waals surface area contributed by atoms with E-state index in [9.17, 15) is 0 Å².